The minimum absolute atomic E-state index is 0.476. The van der Waals surface area contributed by atoms with Gasteiger partial charge in [-0.05, 0) is 6.08 Å². The highest BCUT2D eigenvalue weighted by Crippen LogP contribution is 2.30. The third-order valence-corrected chi connectivity index (χ3v) is 2.28. The summed E-state index contributed by atoms with van der Waals surface area (Å²) in [5.41, 5.74) is -2.90. The molecule has 2 atom stereocenters. The van der Waals surface area contributed by atoms with E-state index in [9.17, 15) is 24.6 Å². The van der Waals surface area contributed by atoms with Gasteiger partial charge in [0.25, 0.3) is 11.7 Å². The van der Waals surface area contributed by atoms with E-state index in [2.05, 4.69) is 0 Å². The second-order valence-electron chi connectivity index (χ2n) is 3.31. The highest BCUT2D eigenvalue weighted by Gasteiger charge is 2.47. The van der Waals surface area contributed by atoms with Crippen LogP contribution in [0.3, 0.4) is 0 Å². The first kappa shape index (κ1) is 12.2. The predicted octanol–water partition coefficient (Wildman–Crippen LogP) is 0.453. The first-order valence-electron chi connectivity index (χ1n) is 4.39. The molecule has 0 saturated heterocycles. The quantitative estimate of drug-likeness (QED) is 0.559. The summed E-state index contributed by atoms with van der Waals surface area (Å²) in [7, 11) is 0. The molecule has 0 fully saturated rings. The van der Waals surface area contributed by atoms with Crippen molar-refractivity contribution in [3.05, 3.63) is 44.2 Å². The summed E-state index contributed by atoms with van der Waals surface area (Å²) in [6.45, 7) is -0.577. The number of allylic oxidation sites excluding steroid dienone is 1. The summed E-state index contributed by atoms with van der Waals surface area (Å²) in [4.78, 5) is 19.2. The Morgan fingerprint density at radius 1 is 1.50 bits per heavy atom. The van der Waals surface area contributed by atoms with E-state index in [0.29, 0.717) is 6.08 Å². The Morgan fingerprint density at radius 2 is 2.12 bits per heavy atom. The Balaban J connectivity index is 3.07. The van der Waals surface area contributed by atoms with Crippen LogP contribution in [-0.4, -0.2) is 33.3 Å². The minimum Gasteiger partial charge on any atom is -0.396 e. The van der Waals surface area contributed by atoms with E-state index in [1.54, 1.807) is 0 Å². The molecule has 0 aromatic carbocycles. The van der Waals surface area contributed by atoms with Crippen molar-refractivity contribution >= 4 is 0 Å². The van der Waals surface area contributed by atoms with E-state index in [1.165, 1.54) is 0 Å². The van der Waals surface area contributed by atoms with Gasteiger partial charge >= 0.3 is 0 Å². The molecule has 0 saturated carbocycles. The molecular formula is C8H9FN2O5. The van der Waals surface area contributed by atoms with Gasteiger partial charge in [0.1, 0.15) is 0 Å². The van der Waals surface area contributed by atoms with Crippen molar-refractivity contribution in [1.29, 1.82) is 0 Å². The maximum absolute atomic E-state index is 14.0. The molecule has 0 aliphatic heterocycles. The first-order chi connectivity index (χ1) is 7.40. The fraction of sp³-hybridized carbons (Fsp3) is 0.500. The van der Waals surface area contributed by atoms with Crippen LogP contribution < -0.4 is 0 Å². The summed E-state index contributed by atoms with van der Waals surface area (Å²) in [6.07, 6.45) is 1.80. The van der Waals surface area contributed by atoms with Crippen molar-refractivity contribution in [2.75, 3.05) is 6.61 Å². The first-order valence-corrected chi connectivity index (χ1v) is 4.39. The van der Waals surface area contributed by atoms with Crippen LogP contribution in [0.5, 0.6) is 0 Å². The minimum atomic E-state index is -2.38. The predicted molar refractivity (Wildman–Crippen MR) is 50.5 cm³/mol. The molecule has 1 aliphatic carbocycles. The van der Waals surface area contributed by atoms with Gasteiger partial charge in [-0.25, -0.2) is 4.39 Å². The molecule has 2 unspecified atom stereocenters. The molecule has 0 spiro atoms. The van der Waals surface area contributed by atoms with Gasteiger partial charge in [-0.2, -0.15) is 0 Å². The Hall–Kier alpha value is -1.83. The molecular weight excluding hydrogens is 223 g/mol. The molecule has 1 aliphatic rings. The number of aliphatic hydroxyl groups excluding tert-OH is 1. The largest absolute Gasteiger partial charge is 0.396 e. The number of hydrogen-bond acceptors (Lipinski definition) is 5. The number of aliphatic hydroxyl groups is 1. The lowest BCUT2D eigenvalue weighted by atomic mass is 9.88. The average molecular weight is 232 g/mol. The lowest BCUT2D eigenvalue weighted by molar-refractivity contribution is -0.527. The second-order valence-corrected chi connectivity index (χ2v) is 3.31. The van der Waals surface area contributed by atoms with Crippen LogP contribution in [0.1, 0.15) is 6.42 Å². The van der Waals surface area contributed by atoms with E-state index in [4.69, 9.17) is 5.11 Å². The van der Waals surface area contributed by atoms with Gasteiger partial charge < -0.3 is 5.11 Å². The summed E-state index contributed by atoms with van der Waals surface area (Å²) in [5.74, 6) is 0. The van der Waals surface area contributed by atoms with Crippen LogP contribution in [0.15, 0.2) is 23.9 Å². The van der Waals surface area contributed by atoms with Crippen molar-refractivity contribution in [1.82, 2.24) is 0 Å². The number of alkyl halides is 1. The average Bonchev–Trinajstić information content (AvgIpc) is 2.17. The van der Waals surface area contributed by atoms with Crippen molar-refractivity contribution in [3.63, 3.8) is 0 Å². The Bertz CT molecular complexity index is 381. The number of hydrogen-bond donors (Lipinski definition) is 1. The van der Waals surface area contributed by atoms with Gasteiger partial charge in [0.05, 0.1) is 11.0 Å². The SMILES string of the molecule is O=[N+]([O-])C1=CC([N+](=O)[O-])C(F)(CCO)C=C1. The lowest BCUT2D eigenvalue weighted by Gasteiger charge is -2.23. The van der Waals surface area contributed by atoms with Crippen LogP contribution in [-0.2, 0) is 0 Å². The molecule has 0 aromatic rings. The van der Waals surface area contributed by atoms with Crippen molar-refractivity contribution in [2.24, 2.45) is 0 Å². The second kappa shape index (κ2) is 4.35. The number of rotatable bonds is 4. The van der Waals surface area contributed by atoms with Gasteiger partial charge in [0, 0.05) is 24.0 Å². The normalized spacial score (nSPS) is 28.6. The highest BCUT2D eigenvalue weighted by atomic mass is 19.1. The van der Waals surface area contributed by atoms with Crippen molar-refractivity contribution < 1.29 is 19.3 Å². The van der Waals surface area contributed by atoms with Gasteiger partial charge in [-0.15, -0.1) is 0 Å². The van der Waals surface area contributed by atoms with E-state index in [0.717, 1.165) is 12.2 Å². The Kier molecular flexibility index (Phi) is 3.33. The van der Waals surface area contributed by atoms with Crippen LogP contribution in [0.4, 0.5) is 4.39 Å². The zero-order valence-electron chi connectivity index (χ0n) is 8.08. The highest BCUT2D eigenvalue weighted by molar-refractivity contribution is 5.27. The molecule has 1 rings (SSSR count). The van der Waals surface area contributed by atoms with Gasteiger partial charge in [0.2, 0.25) is 5.67 Å². The molecule has 7 nitrogen and oxygen atoms in total. The zero-order chi connectivity index (χ0) is 12.3. The molecule has 0 radical (unpaired) electrons. The van der Waals surface area contributed by atoms with Crippen LogP contribution in [0, 0.1) is 20.2 Å². The molecule has 88 valence electrons. The lowest BCUT2D eigenvalue weighted by Crippen LogP contribution is -2.43. The van der Waals surface area contributed by atoms with Crippen LogP contribution in [0.25, 0.3) is 0 Å². The molecule has 0 amide bonds. The Labute approximate surface area is 89.2 Å². The third kappa shape index (κ3) is 2.22. The maximum Gasteiger partial charge on any atom is 0.275 e. The van der Waals surface area contributed by atoms with E-state index >= 15 is 0 Å². The number of nitrogens with zero attached hydrogens (tertiary/aromatic N) is 2. The summed E-state index contributed by atoms with van der Waals surface area (Å²) < 4.78 is 14.0. The summed E-state index contributed by atoms with van der Waals surface area (Å²) in [5, 5.41) is 29.6. The summed E-state index contributed by atoms with van der Waals surface area (Å²) in [6, 6.07) is -1.84. The monoisotopic (exact) mass is 232 g/mol. The molecule has 1 N–H and O–H groups in total. The molecule has 0 aromatic heterocycles. The molecule has 0 bridgehead atoms. The number of halogens is 1. The van der Waals surface area contributed by atoms with E-state index < -0.39 is 40.3 Å². The van der Waals surface area contributed by atoms with Crippen LogP contribution in [0.2, 0.25) is 0 Å². The fourth-order valence-corrected chi connectivity index (χ4v) is 1.44. The summed E-state index contributed by atoms with van der Waals surface area (Å²) >= 11 is 0. The smallest absolute Gasteiger partial charge is 0.275 e. The standard InChI is InChI=1S/C8H9FN2O5/c9-8(3-4-12)2-1-6(10(13)14)5-7(8)11(15)16/h1-2,5,7,12H,3-4H2. The van der Waals surface area contributed by atoms with Crippen LogP contribution >= 0.6 is 0 Å². The number of nitro groups is 2. The topological polar surface area (TPSA) is 107 Å². The van der Waals surface area contributed by atoms with E-state index in [1.807, 2.05) is 0 Å². The van der Waals surface area contributed by atoms with Gasteiger partial charge in [-0.1, -0.05) is 0 Å². The fourth-order valence-electron chi connectivity index (χ4n) is 1.44. The third-order valence-electron chi connectivity index (χ3n) is 2.28. The molecule has 8 heteroatoms. The maximum atomic E-state index is 14.0. The van der Waals surface area contributed by atoms with Crippen molar-refractivity contribution in [3.8, 4) is 0 Å². The van der Waals surface area contributed by atoms with Gasteiger partial charge in [0.15, 0.2) is 0 Å². The van der Waals surface area contributed by atoms with E-state index in [-0.39, 0.29) is 0 Å². The molecule has 16 heavy (non-hydrogen) atoms. The molecule has 0 heterocycles. The van der Waals surface area contributed by atoms with Crippen molar-refractivity contribution in [2.45, 2.75) is 18.1 Å². The Morgan fingerprint density at radius 3 is 2.56 bits per heavy atom. The van der Waals surface area contributed by atoms with Gasteiger partial charge in [-0.3, -0.25) is 20.2 Å². The zero-order valence-corrected chi connectivity index (χ0v) is 8.08.